The predicted octanol–water partition coefficient (Wildman–Crippen LogP) is 3.29. The number of rotatable bonds is 7. The number of halogens is 1. The van der Waals surface area contributed by atoms with Gasteiger partial charge in [0.15, 0.2) is 5.96 Å². The minimum atomic E-state index is 0. The van der Waals surface area contributed by atoms with Gasteiger partial charge in [-0.15, -0.1) is 24.0 Å². The van der Waals surface area contributed by atoms with Crippen molar-refractivity contribution in [1.82, 2.24) is 5.32 Å². The maximum Gasteiger partial charge on any atom is 0.189 e. The molecule has 0 radical (unpaired) electrons. The van der Waals surface area contributed by atoms with E-state index < -0.39 is 0 Å². The zero-order valence-corrected chi connectivity index (χ0v) is 17.8. The number of aliphatic imine (C=N–C) groups is 1. The Labute approximate surface area is 177 Å². The van der Waals surface area contributed by atoms with Crippen molar-refractivity contribution in [1.29, 1.82) is 0 Å². The number of nitrogens with zero attached hydrogens (tertiary/aromatic N) is 1. The zero-order valence-electron chi connectivity index (χ0n) is 15.5. The molecule has 0 saturated heterocycles. The second kappa shape index (κ2) is 11.0. The summed E-state index contributed by atoms with van der Waals surface area (Å²) in [4.78, 5) is 4.47. The number of ether oxygens (including phenoxy) is 2. The number of hydrogen-bond donors (Lipinski definition) is 3. The first-order valence-electron chi connectivity index (χ1n) is 8.86. The van der Waals surface area contributed by atoms with E-state index in [-0.39, 0.29) is 30.0 Å². The van der Waals surface area contributed by atoms with Crippen LogP contribution >= 0.6 is 24.0 Å². The Morgan fingerprint density at radius 3 is 2.78 bits per heavy atom. The highest BCUT2D eigenvalue weighted by atomic mass is 127. The monoisotopic (exact) mass is 482 g/mol. The lowest BCUT2D eigenvalue weighted by Crippen LogP contribution is -2.37. The summed E-state index contributed by atoms with van der Waals surface area (Å²) in [6, 6.07) is 16.4. The minimum Gasteiger partial charge on any atom is -0.493 e. The number of nitrogens with two attached hydrogens (primary N) is 1. The van der Waals surface area contributed by atoms with Crippen LogP contribution in [0.1, 0.15) is 23.6 Å². The molecule has 0 amide bonds. The maximum atomic E-state index is 6.09. The highest BCUT2D eigenvalue weighted by Crippen LogP contribution is 2.31. The van der Waals surface area contributed by atoms with Crippen LogP contribution in [-0.4, -0.2) is 32.8 Å². The first-order valence-corrected chi connectivity index (χ1v) is 8.86. The number of fused-ring (bicyclic) bond motifs is 1. The summed E-state index contributed by atoms with van der Waals surface area (Å²) in [7, 11) is 1.69. The topological polar surface area (TPSA) is 80.9 Å². The lowest BCUT2D eigenvalue weighted by molar-refractivity contribution is 0.211. The first-order chi connectivity index (χ1) is 12.8. The lowest BCUT2D eigenvalue weighted by Gasteiger charge is -2.26. The molecule has 2 aromatic rings. The van der Waals surface area contributed by atoms with Crippen LogP contribution in [0.3, 0.4) is 0 Å². The Balaban J connectivity index is 0.00000261. The van der Waals surface area contributed by atoms with Gasteiger partial charge in [-0.1, -0.05) is 30.3 Å². The Morgan fingerprint density at radius 2 is 2.00 bits per heavy atom. The Bertz CT molecular complexity index is 737. The third-order valence-electron chi connectivity index (χ3n) is 4.30. The number of benzene rings is 2. The van der Waals surface area contributed by atoms with Crippen LogP contribution in [0.4, 0.5) is 5.69 Å². The molecule has 6 nitrogen and oxygen atoms in total. The van der Waals surface area contributed by atoms with E-state index >= 15 is 0 Å². The summed E-state index contributed by atoms with van der Waals surface area (Å²) >= 11 is 0. The van der Waals surface area contributed by atoms with Crippen LogP contribution in [0, 0.1) is 0 Å². The molecule has 4 N–H and O–H groups in total. The fraction of sp³-hybridized carbons (Fsp3) is 0.350. The van der Waals surface area contributed by atoms with E-state index in [0.29, 0.717) is 25.7 Å². The maximum absolute atomic E-state index is 6.09. The largest absolute Gasteiger partial charge is 0.493 e. The average Bonchev–Trinajstić information content (AvgIpc) is 2.68. The molecule has 0 bridgehead atoms. The smallest absolute Gasteiger partial charge is 0.189 e. The third kappa shape index (κ3) is 6.28. The standard InChI is InChI=1S/C20H26N4O2.HI/c1-25-13-11-22-16-8-6-15(7-9-16)14-23-20(21)24-18-10-12-26-19-5-3-2-4-17(18)19;/h2-9,18,22H,10-14H2,1H3,(H3,21,23,24);1H. The highest BCUT2D eigenvalue weighted by molar-refractivity contribution is 14.0. The van der Waals surface area contributed by atoms with E-state index in [2.05, 4.69) is 33.8 Å². The van der Waals surface area contributed by atoms with Crippen LogP contribution in [0.2, 0.25) is 0 Å². The van der Waals surface area contributed by atoms with Gasteiger partial charge in [0.25, 0.3) is 0 Å². The molecule has 2 aromatic carbocycles. The van der Waals surface area contributed by atoms with Crippen molar-refractivity contribution in [3.8, 4) is 5.75 Å². The number of hydrogen-bond acceptors (Lipinski definition) is 4. The van der Waals surface area contributed by atoms with Gasteiger partial charge < -0.3 is 25.8 Å². The van der Waals surface area contributed by atoms with Crippen molar-refractivity contribution in [3.05, 3.63) is 59.7 Å². The van der Waals surface area contributed by atoms with Crippen molar-refractivity contribution in [2.75, 3.05) is 32.2 Å². The van der Waals surface area contributed by atoms with Gasteiger partial charge in [0.1, 0.15) is 5.75 Å². The molecule has 1 unspecified atom stereocenters. The molecular weight excluding hydrogens is 455 g/mol. The van der Waals surface area contributed by atoms with Crippen LogP contribution in [0.15, 0.2) is 53.5 Å². The molecule has 0 spiro atoms. The Kier molecular flexibility index (Phi) is 8.66. The average molecular weight is 482 g/mol. The van der Waals surface area contributed by atoms with Crippen molar-refractivity contribution in [2.24, 2.45) is 10.7 Å². The second-order valence-electron chi connectivity index (χ2n) is 6.19. The zero-order chi connectivity index (χ0) is 18.2. The number of para-hydroxylation sites is 1. The van der Waals surface area contributed by atoms with Gasteiger partial charge in [0.2, 0.25) is 0 Å². The fourth-order valence-corrected chi connectivity index (χ4v) is 2.92. The van der Waals surface area contributed by atoms with E-state index in [1.54, 1.807) is 7.11 Å². The highest BCUT2D eigenvalue weighted by Gasteiger charge is 2.21. The quantitative estimate of drug-likeness (QED) is 0.244. The summed E-state index contributed by atoms with van der Waals surface area (Å²) in [6.07, 6.45) is 0.870. The van der Waals surface area contributed by atoms with Crippen molar-refractivity contribution >= 4 is 35.6 Å². The van der Waals surface area contributed by atoms with Crippen LogP contribution in [0.5, 0.6) is 5.75 Å². The van der Waals surface area contributed by atoms with Gasteiger partial charge in [0, 0.05) is 31.3 Å². The molecule has 0 saturated carbocycles. The summed E-state index contributed by atoms with van der Waals surface area (Å²) in [6.45, 7) is 2.70. The van der Waals surface area contributed by atoms with Crippen LogP contribution in [-0.2, 0) is 11.3 Å². The van der Waals surface area contributed by atoms with Crippen molar-refractivity contribution in [2.45, 2.75) is 19.0 Å². The normalized spacial score (nSPS) is 15.9. The minimum absolute atomic E-state index is 0. The van der Waals surface area contributed by atoms with Crippen molar-refractivity contribution in [3.63, 3.8) is 0 Å². The molecule has 1 aliphatic heterocycles. The molecule has 1 aliphatic rings. The summed E-state index contributed by atoms with van der Waals surface area (Å²) in [5, 5.41) is 6.60. The van der Waals surface area contributed by atoms with E-state index in [0.717, 1.165) is 35.5 Å². The molecule has 146 valence electrons. The van der Waals surface area contributed by atoms with Gasteiger partial charge in [-0.2, -0.15) is 0 Å². The molecule has 1 heterocycles. The first kappa shape index (κ1) is 21.3. The number of methoxy groups -OCH3 is 1. The SMILES string of the molecule is COCCNc1ccc(CN=C(N)NC2CCOc3ccccc32)cc1.I. The predicted molar refractivity (Wildman–Crippen MR) is 120 cm³/mol. The Hall–Kier alpha value is -2.00. The van der Waals surface area contributed by atoms with Crippen LogP contribution in [0.25, 0.3) is 0 Å². The molecule has 0 aliphatic carbocycles. The summed E-state index contributed by atoms with van der Waals surface area (Å²) < 4.78 is 10.7. The van der Waals surface area contributed by atoms with E-state index in [9.17, 15) is 0 Å². The molecule has 1 atom stereocenters. The fourth-order valence-electron chi connectivity index (χ4n) is 2.92. The van der Waals surface area contributed by atoms with E-state index in [4.69, 9.17) is 15.2 Å². The third-order valence-corrected chi connectivity index (χ3v) is 4.30. The molecule has 27 heavy (non-hydrogen) atoms. The second-order valence-corrected chi connectivity index (χ2v) is 6.19. The van der Waals surface area contributed by atoms with Gasteiger partial charge in [-0.25, -0.2) is 4.99 Å². The molecule has 0 aromatic heterocycles. The lowest BCUT2D eigenvalue weighted by atomic mass is 10.0. The Morgan fingerprint density at radius 1 is 1.22 bits per heavy atom. The van der Waals surface area contributed by atoms with Crippen LogP contribution < -0.4 is 21.1 Å². The van der Waals surface area contributed by atoms with Gasteiger partial charge in [-0.05, 0) is 23.8 Å². The molecule has 7 heteroatoms. The molecular formula is C20H27IN4O2. The van der Waals surface area contributed by atoms with Gasteiger partial charge in [0.05, 0.1) is 25.8 Å². The number of nitrogens with one attached hydrogen (secondary N) is 2. The molecule has 0 fully saturated rings. The van der Waals surface area contributed by atoms with Gasteiger partial charge >= 0.3 is 0 Å². The number of guanidine groups is 1. The number of anilines is 1. The van der Waals surface area contributed by atoms with E-state index in [1.165, 1.54) is 0 Å². The van der Waals surface area contributed by atoms with Crippen molar-refractivity contribution < 1.29 is 9.47 Å². The summed E-state index contributed by atoms with van der Waals surface area (Å²) in [5.41, 5.74) is 9.40. The molecule has 3 rings (SSSR count). The van der Waals surface area contributed by atoms with E-state index in [1.807, 2.05) is 30.3 Å². The van der Waals surface area contributed by atoms with Gasteiger partial charge in [-0.3, -0.25) is 0 Å². The summed E-state index contributed by atoms with van der Waals surface area (Å²) in [5.74, 6) is 1.37.